The van der Waals surface area contributed by atoms with Gasteiger partial charge in [0.2, 0.25) is 0 Å². The maximum Gasteiger partial charge on any atom is 0.0951 e. The molecule has 3 heteroatoms. The summed E-state index contributed by atoms with van der Waals surface area (Å²) in [5, 5.41) is 12.8. The highest BCUT2D eigenvalue weighted by Gasteiger charge is 2.36. The van der Waals surface area contributed by atoms with Crippen LogP contribution in [0.1, 0.15) is 46.0 Å². The molecular weight excluding hydrogens is 198 g/mol. The van der Waals surface area contributed by atoms with Gasteiger partial charge in [0.05, 0.1) is 12.1 Å². The second-order valence-electron chi connectivity index (χ2n) is 5.31. The van der Waals surface area contributed by atoms with Crippen molar-refractivity contribution in [2.24, 2.45) is 0 Å². The van der Waals surface area contributed by atoms with Gasteiger partial charge in [0, 0.05) is 18.1 Å². The lowest BCUT2D eigenvalue weighted by atomic mass is 9.97. The number of nitrogens with one attached hydrogen (secondary N) is 1. The van der Waals surface area contributed by atoms with E-state index in [9.17, 15) is 0 Å². The van der Waals surface area contributed by atoms with E-state index in [-0.39, 0.29) is 6.04 Å². The highest BCUT2D eigenvalue weighted by atomic mass is 15.2. The normalized spacial score (nSPS) is 35.0. The summed E-state index contributed by atoms with van der Waals surface area (Å²) in [7, 11) is 0. The standard InChI is InChI=1S/C13H23N3/c1-3-6-16(10(2)9-14)13-7-11-4-5-12(8-13)15-11/h10-13,15H,3-8H2,1-2H3. The molecule has 2 fully saturated rings. The number of hydrogen-bond donors (Lipinski definition) is 1. The van der Waals surface area contributed by atoms with Gasteiger partial charge in [-0.2, -0.15) is 5.26 Å². The zero-order chi connectivity index (χ0) is 11.5. The highest BCUT2D eigenvalue weighted by molar-refractivity contribution is 4.99. The van der Waals surface area contributed by atoms with Crippen LogP contribution in [-0.2, 0) is 0 Å². The molecule has 0 spiro atoms. The Morgan fingerprint density at radius 1 is 1.38 bits per heavy atom. The Kier molecular flexibility index (Phi) is 3.83. The molecule has 3 unspecified atom stereocenters. The van der Waals surface area contributed by atoms with Gasteiger partial charge in [-0.25, -0.2) is 0 Å². The Hall–Kier alpha value is -0.590. The Morgan fingerprint density at radius 2 is 2.00 bits per heavy atom. The van der Waals surface area contributed by atoms with Crippen LogP contribution in [0.2, 0.25) is 0 Å². The van der Waals surface area contributed by atoms with E-state index in [4.69, 9.17) is 5.26 Å². The predicted octanol–water partition coefficient (Wildman–Crippen LogP) is 1.89. The maximum absolute atomic E-state index is 9.10. The van der Waals surface area contributed by atoms with Crippen LogP contribution in [0.25, 0.3) is 0 Å². The van der Waals surface area contributed by atoms with Gasteiger partial charge in [0.25, 0.3) is 0 Å². The number of rotatable bonds is 4. The van der Waals surface area contributed by atoms with Gasteiger partial charge in [0.15, 0.2) is 0 Å². The molecule has 0 radical (unpaired) electrons. The van der Waals surface area contributed by atoms with Crippen LogP contribution in [0.15, 0.2) is 0 Å². The van der Waals surface area contributed by atoms with E-state index in [0.717, 1.165) is 13.0 Å². The SMILES string of the molecule is CCCN(C(C)C#N)C1CC2CCC(C1)N2. The first-order chi connectivity index (χ1) is 7.74. The Morgan fingerprint density at radius 3 is 2.50 bits per heavy atom. The molecule has 2 heterocycles. The molecule has 0 aromatic carbocycles. The van der Waals surface area contributed by atoms with Crippen LogP contribution in [0.4, 0.5) is 0 Å². The maximum atomic E-state index is 9.10. The first kappa shape index (κ1) is 11.9. The fourth-order valence-electron chi connectivity index (χ4n) is 3.32. The summed E-state index contributed by atoms with van der Waals surface area (Å²) < 4.78 is 0. The lowest BCUT2D eigenvalue weighted by molar-refractivity contribution is 0.123. The minimum atomic E-state index is 0.0717. The lowest BCUT2D eigenvalue weighted by Crippen LogP contribution is -2.50. The molecule has 2 aliphatic rings. The van der Waals surface area contributed by atoms with Gasteiger partial charge >= 0.3 is 0 Å². The summed E-state index contributed by atoms with van der Waals surface area (Å²) >= 11 is 0. The Labute approximate surface area is 98.8 Å². The summed E-state index contributed by atoms with van der Waals surface area (Å²) in [5.74, 6) is 0. The Balaban J connectivity index is 2.00. The average Bonchev–Trinajstić information content (AvgIpc) is 2.64. The van der Waals surface area contributed by atoms with Crippen LogP contribution >= 0.6 is 0 Å². The minimum absolute atomic E-state index is 0.0717. The third-order valence-electron chi connectivity index (χ3n) is 4.08. The van der Waals surface area contributed by atoms with Crippen molar-refractivity contribution in [2.75, 3.05) is 6.54 Å². The van der Waals surface area contributed by atoms with Crippen molar-refractivity contribution < 1.29 is 0 Å². The molecule has 0 aromatic heterocycles. The summed E-state index contributed by atoms with van der Waals surface area (Å²) in [6.07, 6.45) is 6.29. The largest absolute Gasteiger partial charge is 0.311 e. The fourth-order valence-corrected chi connectivity index (χ4v) is 3.32. The summed E-state index contributed by atoms with van der Waals surface area (Å²) in [6, 6.07) is 4.54. The van der Waals surface area contributed by atoms with Crippen molar-refractivity contribution >= 4 is 0 Å². The van der Waals surface area contributed by atoms with Gasteiger partial charge in [-0.3, -0.25) is 4.90 Å². The van der Waals surface area contributed by atoms with Gasteiger partial charge in [-0.05, 0) is 45.6 Å². The van der Waals surface area contributed by atoms with Crippen molar-refractivity contribution in [1.82, 2.24) is 10.2 Å². The fraction of sp³-hybridized carbons (Fsp3) is 0.923. The summed E-state index contributed by atoms with van der Waals surface area (Å²) in [6.45, 7) is 5.31. The van der Waals surface area contributed by atoms with Crippen LogP contribution in [0, 0.1) is 11.3 Å². The van der Waals surface area contributed by atoms with Gasteiger partial charge in [-0.1, -0.05) is 6.92 Å². The van der Waals surface area contributed by atoms with Gasteiger partial charge < -0.3 is 5.32 Å². The molecule has 0 amide bonds. The molecule has 3 nitrogen and oxygen atoms in total. The molecule has 0 aliphatic carbocycles. The van der Waals surface area contributed by atoms with Gasteiger partial charge in [-0.15, -0.1) is 0 Å². The number of nitriles is 1. The summed E-state index contributed by atoms with van der Waals surface area (Å²) in [5.41, 5.74) is 0. The van der Waals surface area contributed by atoms with E-state index in [1.165, 1.54) is 25.7 Å². The molecule has 3 atom stereocenters. The van der Waals surface area contributed by atoms with Crippen LogP contribution in [0.5, 0.6) is 0 Å². The van der Waals surface area contributed by atoms with Crippen LogP contribution in [0.3, 0.4) is 0 Å². The topological polar surface area (TPSA) is 39.1 Å². The molecule has 1 N–H and O–H groups in total. The monoisotopic (exact) mass is 221 g/mol. The number of nitrogens with zero attached hydrogens (tertiary/aromatic N) is 2. The highest BCUT2D eigenvalue weighted by Crippen LogP contribution is 2.30. The van der Waals surface area contributed by atoms with E-state index < -0.39 is 0 Å². The van der Waals surface area contributed by atoms with Crippen LogP contribution < -0.4 is 5.32 Å². The Bertz CT molecular complexity index is 259. The second-order valence-corrected chi connectivity index (χ2v) is 5.31. The number of fused-ring (bicyclic) bond motifs is 2. The molecule has 2 rings (SSSR count). The molecule has 2 saturated heterocycles. The van der Waals surface area contributed by atoms with E-state index in [1.54, 1.807) is 0 Å². The van der Waals surface area contributed by atoms with Crippen molar-refractivity contribution in [3.63, 3.8) is 0 Å². The molecule has 2 aliphatic heterocycles. The van der Waals surface area contributed by atoms with Gasteiger partial charge in [0.1, 0.15) is 0 Å². The van der Waals surface area contributed by atoms with Crippen molar-refractivity contribution in [3.05, 3.63) is 0 Å². The first-order valence-corrected chi connectivity index (χ1v) is 6.66. The van der Waals surface area contributed by atoms with E-state index in [2.05, 4.69) is 23.2 Å². The van der Waals surface area contributed by atoms with E-state index in [0.29, 0.717) is 18.1 Å². The molecule has 16 heavy (non-hydrogen) atoms. The molecule has 0 saturated carbocycles. The average molecular weight is 221 g/mol. The number of piperidine rings is 1. The van der Waals surface area contributed by atoms with Crippen molar-refractivity contribution in [1.29, 1.82) is 5.26 Å². The zero-order valence-electron chi connectivity index (χ0n) is 10.4. The van der Waals surface area contributed by atoms with Crippen molar-refractivity contribution in [3.8, 4) is 6.07 Å². The quantitative estimate of drug-likeness (QED) is 0.788. The third kappa shape index (κ3) is 2.39. The molecule has 2 bridgehead atoms. The van der Waals surface area contributed by atoms with Crippen molar-refractivity contribution in [2.45, 2.75) is 70.1 Å². The van der Waals surface area contributed by atoms with Crippen LogP contribution in [-0.4, -0.2) is 35.6 Å². The molecule has 90 valence electrons. The third-order valence-corrected chi connectivity index (χ3v) is 4.08. The molecular formula is C13H23N3. The first-order valence-electron chi connectivity index (χ1n) is 6.66. The van der Waals surface area contributed by atoms with E-state index >= 15 is 0 Å². The smallest absolute Gasteiger partial charge is 0.0951 e. The number of hydrogen-bond acceptors (Lipinski definition) is 3. The zero-order valence-corrected chi connectivity index (χ0v) is 10.4. The lowest BCUT2D eigenvalue weighted by Gasteiger charge is -2.39. The van der Waals surface area contributed by atoms with E-state index in [1.807, 2.05) is 6.92 Å². The predicted molar refractivity (Wildman–Crippen MR) is 65.0 cm³/mol. The molecule has 0 aromatic rings. The second kappa shape index (κ2) is 5.16. The minimum Gasteiger partial charge on any atom is -0.311 e. The summed E-state index contributed by atoms with van der Waals surface area (Å²) in [4.78, 5) is 2.42.